The zero-order valence-electron chi connectivity index (χ0n) is 17.3. The Morgan fingerprint density at radius 2 is 1.91 bits per heavy atom. The molecular formula is C26H19BrN2O3. The summed E-state index contributed by atoms with van der Waals surface area (Å²) in [5.74, 6) is 1.00. The number of carbonyl (C=O) groups excluding carboxylic acids is 1. The van der Waals surface area contributed by atoms with Crippen molar-refractivity contribution in [2.45, 2.75) is 6.92 Å². The van der Waals surface area contributed by atoms with Crippen LogP contribution in [-0.2, 0) is 0 Å². The third kappa shape index (κ3) is 3.85. The third-order valence-corrected chi connectivity index (χ3v) is 5.76. The van der Waals surface area contributed by atoms with E-state index in [0.717, 1.165) is 31.9 Å². The lowest BCUT2D eigenvalue weighted by atomic mass is 10.1. The molecule has 0 saturated heterocycles. The number of hydrogen-bond donors (Lipinski definition) is 1. The molecule has 0 aliphatic heterocycles. The Morgan fingerprint density at radius 3 is 2.75 bits per heavy atom. The van der Waals surface area contributed by atoms with Crippen LogP contribution in [0, 0.1) is 0 Å². The van der Waals surface area contributed by atoms with Crippen LogP contribution in [0.25, 0.3) is 33.3 Å². The molecule has 0 aliphatic rings. The SMILES string of the molecule is CCOc1ccc(C(=O)Nc2cccc(-c3nc4c(ccc5ccccc54)o3)c2)cc1Br. The van der Waals surface area contributed by atoms with E-state index in [1.54, 1.807) is 18.2 Å². The maximum absolute atomic E-state index is 12.8. The zero-order chi connectivity index (χ0) is 22.1. The summed E-state index contributed by atoms with van der Waals surface area (Å²) in [6.07, 6.45) is 0. The highest BCUT2D eigenvalue weighted by Gasteiger charge is 2.13. The molecule has 0 atom stereocenters. The van der Waals surface area contributed by atoms with Crippen molar-refractivity contribution in [1.82, 2.24) is 4.98 Å². The number of halogens is 1. The minimum Gasteiger partial charge on any atom is -0.493 e. The molecule has 0 aliphatic carbocycles. The summed E-state index contributed by atoms with van der Waals surface area (Å²) in [4.78, 5) is 17.5. The summed E-state index contributed by atoms with van der Waals surface area (Å²) in [5, 5.41) is 5.10. The lowest BCUT2D eigenvalue weighted by molar-refractivity contribution is 0.102. The molecule has 5 nitrogen and oxygen atoms in total. The highest BCUT2D eigenvalue weighted by atomic mass is 79.9. The van der Waals surface area contributed by atoms with E-state index in [0.29, 0.717) is 29.5 Å². The minimum absolute atomic E-state index is 0.213. The Hall–Kier alpha value is -3.64. The van der Waals surface area contributed by atoms with E-state index in [4.69, 9.17) is 14.1 Å². The fourth-order valence-corrected chi connectivity index (χ4v) is 4.13. The first kappa shape index (κ1) is 20.3. The molecule has 1 amide bonds. The molecule has 6 heteroatoms. The summed E-state index contributed by atoms with van der Waals surface area (Å²) < 4.78 is 12.3. The van der Waals surface area contributed by atoms with E-state index in [9.17, 15) is 4.79 Å². The van der Waals surface area contributed by atoms with Crippen LogP contribution in [0.4, 0.5) is 5.69 Å². The Balaban J connectivity index is 1.43. The number of nitrogens with one attached hydrogen (secondary N) is 1. The van der Waals surface area contributed by atoms with E-state index < -0.39 is 0 Å². The summed E-state index contributed by atoms with van der Waals surface area (Å²) in [6, 6.07) is 24.8. The monoisotopic (exact) mass is 486 g/mol. The second-order valence-corrected chi connectivity index (χ2v) is 8.12. The Kier molecular flexibility index (Phi) is 5.37. The molecule has 32 heavy (non-hydrogen) atoms. The van der Waals surface area contributed by atoms with Gasteiger partial charge in [0.2, 0.25) is 5.89 Å². The predicted octanol–water partition coefficient (Wildman–Crippen LogP) is 7.06. The van der Waals surface area contributed by atoms with Gasteiger partial charge in [-0.1, -0.05) is 36.4 Å². The van der Waals surface area contributed by atoms with Crippen molar-refractivity contribution >= 4 is 49.4 Å². The summed E-state index contributed by atoms with van der Waals surface area (Å²) >= 11 is 3.45. The summed E-state index contributed by atoms with van der Waals surface area (Å²) in [5.41, 5.74) is 3.53. The second kappa shape index (κ2) is 8.48. The van der Waals surface area contributed by atoms with Gasteiger partial charge in [-0.2, -0.15) is 0 Å². The number of aromatic nitrogens is 1. The average molecular weight is 487 g/mol. The van der Waals surface area contributed by atoms with E-state index in [2.05, 4.69) is 27.3 Å². The van der Waals surface area contributed by atoms with Crippen LogP contribution in [0.15, 0.2) is 87.8 Å². The van der Waals surface area contributed by atoms with Gasteiger partial charge >= 0.3 is 0 Å². The van der Waals surface area contributed by atoms with Gasteiger partial charge in [0, 0.05) is 22.2 Å². The van der Waals surface area contributed by atoms with E-state index in [1.807, 2.05) is 61.5 Å². The van der Waals surface area contributed by atoms with Crippen LogP contribution in [0.3, 0.4) is 0 Å². The molecule has 5 aromatic rings. The molecule has 5 rings (SSSR count). The van der Waals surface area contributed by atoms with Gasteiger partial charge in [0.05, 0.1) is 11.1 Å². The number of benzene rings is 4. The number of nitrogens with zero attached hydrogens (tertiary/aromatic N) is 1. The summed E-state index contributed by atoms with van der Waals surface area (Å²) in [6.45, 7) is 2.47. The molecular weight excluding hydrogens is 468 g/mol. The van der Waals surface area contributed by atoms with Crippen LogP contribution >= 0.6 is 15.9 Å². The minimum atomic E-state index is -0.213. The number of hydrogen-bond acceptors (Lipinski definition) is 4. The van der Waals surface area contributed by atoms with Crippen LogP contribution in [-0.4, -0.2) is 17.5 Å². The maximum Gasteiger partial charge on any atom is 0.255 e. The lowest BCUT2D eigenvalue weighted by Crippen LogP contribution is -2.12. The highest BCUT2D eigenvalue weighted by Crippen LogP contribution is 2.31. The van der Waals surface area contributed by atoms with Crippen molar-refractivity contribution in [3.63, 3.8) is 0 Å². The molecule has 0 spiro atoms. The van der Waals surface area contributed by atoms with E-state index >= 15 is 0 Å². The van der Waals surface area contributed by atoms with Gasteiger partial charge in [0.15, 0.2) is 5.58 Å². The number of ether oxygens (including phenoxy) is 1. The smallest absolute Gasteiger partial charge is 0.255 e. The van der Waals surface area contributed by atoms with Gasteiger partial charge in [-0.15, -0.1) is 0 Å². The van der Waals surface area contributed by atoms with Crippen molar-refractivity contribution < 1.29 is 13.9 Å². The first-order valence-corrected chi connectivity index (χ1v) is 11.0. The number of oxazole rings is 1. The predicted molar refractivity (Wildman–Crippen MR) is 130 cm³/mol. The standard InChI is InChI=1S/C26H19BrN2O3/c1-2-31-22-12-11-17(15-21(22)27)25(30)28-19-8-5-7-18(14-19)26-29-24-20-9-4-3-6-16(20)10-13-23(24)32-26/h3-15H,2H2,1H3,(H,28,30). The zero-order valence-corrected chi connectivity index (χ0v) is 18.8. The molecule has 0 radical (unpaired) electrons. The lowest BCUT2D eigenvalue weighted by Gasteiger charge is -2.09. The van der Waals surface area contributed by atoms with Crippen molar-refractivity contribution in [3.05, 3.63) is 88.9 Å². The number of rotatable bonds is 5. The first-order valence-electron chi connectivity index (χ1n) is 10.2. The molecule has 0 bridgehead atoms. The molecule has 1 N–H and O–H groups in total. The third-order valence-electron chi connectivity index (χ3n) is 5.14. The van der Waals surface area contributed by atoms with Gasteiger partial charge < -0.3 is 14.5 Å². The fourth-order valence-electron chi connectivity index (χ4n) is 3.63. The van der Waals surface area contributed by atoms with E-state index in [-0.39, 0.29) is 5.91 Å². The van der Waals surface area contributed by atoms with Gasteiger partial charge in [0.1, 0.15) is 11.3 Å². The van der Waals surface area contributed by atoms with E-state index in [1.165, 1.54) is 0 Å². The first-order chi connectivity index (χ1) is 15.6. The molecule has 0 fully saturated rings. The van der Waals surface area contributed by atoms with Gasteiger partial charge in [0.25, 0.3) is 5.91 Å². The number of amides is 1. The normalized spacial score (nSPS) is 11.1. The van der Waals surface area contributed by atoms with Crippen molar-refractivity contribution in [2.24, 2.45) is 0 Å². The number of carbonyl (C=O) groups is 1. The summed E-state index contributed by atoms with van der Waals surface area (Å²) in [7, 11) is 0. The highest BCUT2D eigenvalue weighted by molar-refractivity contribution is 9.10. The Bertz CT molecular complexity index is 1460. The molecule has 0 saturated carbocycles. The van der Waals surface area contributed by atoms with Crippen molar-refractivity contribution in [3.8, 4) is 17.2 Å². The largest absolute Gasteiger partial charge is 0.493 e. The molecule has 4 aromatic carbocycles. The van der Waals surface area contributed by atoms with Crippen LogP contribution in [0.2, 0.25) is 0 Å². The van der Waals surface area contributed by atoms with Crippen LogP contribution in [0.5, 0.6) is 5.75 Å². The van der Waals surface area contributed by atoms with Crippen molar-refractivity contribution in [2.75, 3.05) is 11.9 Å². The topological polar surface area (TPSA) is 64.4 Å². The molecule has 158 valence electrons. The van der Waals surface area contributed by atoms with Gasteiger partial charge in [-0.05, 0) is 70.7 Å². The molecule has 1 heterocycles. The fraction of sp³-hybridized carbons (Fsp3) is 0.0769. The van der Waals surface area contributed by atoms with Crippen LogP contribution in [0.1, 0.15) is 17.3 Å². The van der Waals surface area contributed by atoms with Gasteiger partial charge in [-0.25, -0.2) is 4.98 Å². The number of fused-ring (bicyclic) bond motifs is 3. The van der Waals surface area contributed by atoms with Crippen molar-refractivity contribution in [1.29, 1.82) is 0 Å². The number of anilines is 1. The average Bonchev–Trinajstić information content (AvgIpc) is 3.26. The Labute approximate surface area is 193 Å². The maximum atomic E-state index is 12.8. The molecule has 0 unspecified atom stereocenters. The Morgan fingerprint density at radius 1 is 1.03 bits per heavy atom. The van der Waals surface area contributed by atoms with Gasteiger partial charge in [-0.3, -0.25) is 4.79 Å². The second-order valence-electron chi connectivity index (χ2n) is 7.27. The van der Waals surface area contributed by atoms with Crippen LogP contribution < -0.4 is 10.1 Å². The molecule has 1 aromatic heterocycles. The quantitative estimate of drug-likeness (QED) is 0.288.